The number of nitriles is 1. The van der Waals surface area contributed by atoms with E-state index in [9.17, 15) is 10.1 Å². The van der Waals surface area contributed by atoms with Gasteiger partial charge in [0.25, 0.3) is 5.91 Å². The molecule has 0 unspecified atom stereocenters. The Bertz CT molecular complexity index is 851. The molecule has 2 heterocycles. The average Bonchev–Trinajstić information content (AvgIpc) is 3.03. The number of thiophene rings is 1. The molecular weight excluding hydrogens is 358 g/mol. The Morgan fingerprint density at radius 3 is 2.72 bits per heavy atom. The normalized spacial score (nSPS) is 14.2. The third-order valence-corrected chi connectivity index (χ3v) is 5.85. The highest BCUT2D eigenvalue weighted by atomic mass is 35.5. The highest BCUT2D eigenvalue weighted by Gasteiger charge is 2.27. The molecule has 0 saturated carbocycles. The molecule has 1 saturated heterocycles. The maximum atomic E-state index is 12.4. The number of anilines is 1. The van der Waals surface area contributed by atoms with Crippen LogP contribution in [0.4, 0.5) is 5.00 Å². The van der Waals surface area contributed by atoms with E-state index in [0.717, 1.165) is 16.1 Å². The van der Waals surface area contributed by atoms with Crippen molar-refractivity contribution in [2.75, 3.05) is 38.3 Å². The van der Waals surface area contributed by atoms with Gasteiger partial charge in [-0.1, -0.05) is 17.7 Å². The summed E-state index contributed by atoms with van der Waals surface area (Å²) in [5.74, 6) is -0.191. The minimum absolute atomic E-state index is 0.191. The topological polar surface area (TPSA) is 65.4 Å². The highest BCUT2D eigenvalue weighted by Crippen LogP contribution is 2.42. The summed E-state index contributed by atoms with van der Waals surface area (Å²) in [6.45, 7) is 4.57. The molecule has 2 aromatic rings. The number of hydrogen-bond donors (Lipinski definition) is 1. The first-order valence-electron chi connectivity index (χ1n) is 7.95. The van der Waals surface area contributed by atoms with Crippen LogP contribution in [0.25, 0.3) is 11.1 Å². The Hall–Kier alpha value is -2.07. The fourth-order valence-corrected chi connectivity index (χ4v) is 4.25. The summed E-state index contributed by atoms with van der Waals surface area (Å²) < 4.78 is 5.40. The lowest BCUT2D eigenvalue weighted by atomic mass is 9.99. The van der Waals surface area contributed by atoms with Gasteiger partial charge in [0.1, 0.15) is 15.9 Å². The van der Waals surface area contributed by atoms with Gasteiger partial charge in [-0.15, -0.1) is 11.3 Å². The standard InChI is InChI=1S/C18H18ClN3O2S/c1-11-9-12(3-4-14(11)19)15-13(10-20)18(22-5-7-24-8-6-22)25-16(15)17(23)21-2/h3-4,9H,5-8H2,1-2H3,(H,21,23). The van der Waals surface area contributed by atoms with Crippen molar-refractivity contribution in [2.45, 2.75) is 6.92 Å². The average molecular weight is 376 g/mol. The first-order chi connectivity index (χ1) is 12.1. The molecule has 25 heavy (non-hydrogen) atoms. The van der Waals surface area contributed by atoms with E-state index in [0.29, 0.717) is 47.3 Å². The minimum Gasteiger partial charge on any atom is -0.378 e. The summed E-state index contributed by atoms with van der Waals surface area (Å²) in [7, 11) is 1.60. The molecule has 1 aromatic heterocycles. The highest BCUT2D eigenvalue weighted by molar-refractivity contribution is 7.18. The summed E-state index contributed by atoms with van der Waals surface area (Å²) in [6, 6.07) is 7.88. The Morgan fingerprint density at radius 1 is 1.40 bits per heavy atom. The lowest BCUT2D eigenvalue weighted by Gasteiger charge is -2.27. The van der Waals surface area contributed by atoms with Gasteiger partial charge in [0.05, 0.1) is 18.8 Å². The van der Waals surface area contributed by atoms with E-state index in [-0.39, 0.29) is 5.91 Å². The van der Waals surface area contributed by atoms with Gasteiger partial charge in [0.2, 0.25) is 0 Å². The number of benzene rings is 1. The zero-order valence-corrected chi connectivity index (χ0v) is 15.6. The number of amides is 1. The monoisotopic (exact) mass is 375 g/mol. The van der Waals surface area contributed by atoms with Gasteiger partial charge in [-0.2, -0.15) is 5.26 Å². The maximum absolute atomic E-state index is 12.4. The number of morpholine rings is 1. The van der Waals surface area contributed by atoms with Crippen molar-refractivity contribution in [3.05, 3.63) is 39.2 Å². The van der Waals surface area contributed by atoms with E-state index in [1.54, 1.807) is 13.1 Å². The van der Waals surface area contributed by atoms with Crippen molar-refractivity contribution in [3.63, 3.8) is 0 Å². The maximum Gasteiger partial charge on any atom is 0.261 e. The van der Waals surface area contributed by atoms with Crippen molar-refractivity contribution >= 4 is 33.8 Å². The van der Waals surface area contributed by atoms with Gasteiger partial charge in [-0.3, -0.25) is 4.79 Å². The zero-order chi connectivity index (χ0) is 18.0. The van der Waals surface area contributed by atoms with Crippen LogP contribution in [0.15, 0.2) is 18.2 Å². The molecule has 1 fully saturated rings. The Morgan fingerprint density at radius 2 is 2.12 bits per heavy atom. The number of carbonyl (C=O) groups is 1. The molecule has 1 aromatic carbocycles. The number of rotatable bonds is 3. The van der Waals surface area contributed by atoms with Crippen molar-refractivity contribution in [2.24, 2.45) is 0 Å². The zero-order valence-electron chi connectivity index (χ0n) is 14.1. The summed E-state index contributed by atoms with van der Waals surface area (Å²) in [4.78, 5) is 15.1. The molecule has 1 aliphatic rings. The summed E-state index contributed by atoms with van der Waals surface area (Å²) >= 11 is 7.49. The van der Waals surface area contributed by atoms with E-state index in [4.69, 9.17) is 16.3 Å². The molecular formula is C18H18ClN3O2S. The van der Waals surface area contributed by atoms with E-state index < -0.39 is 0 Å². The van der Waals surface area contributed by atoms with Crippen molar-refractivity contribution in [1.82, 2.24) is 5.32 Å². The van der Waals surface area contributed by atoms with Crippen molar-refractivity contribution < 1.29 is 9.53 Å². The molecule has 1 N–H and O–H groups in total. The molecule has 1 amide bonds. The molecule has 1 aliphatic heterocycles. The largest absolute Gasteiger partial charge is 0.378 e. The van der Waals surface area contributed by atoms with Crippen LogP contribution in [0.3, 0.4) is 0 Å². The van der Waals surface area contributed by atoms with Crippen LogP contribution in [0.1, 0.15) is 20.8 Å². The first-order valence-corrected chi connectivity index (χ1v) is 9.14. The molecule has 0 bridgehead atoms. The number of halogens is 1. The van der Waals surface area contributed by atoms with Crippen LogP contribution in [0.5, 0.6) is 0 Å². The lowest BCUT2D eigenvalue weighted by molar-refractivity contribution is 0.0967. The molecule has 0 aliphatic carbocycles. The summed E-state index contributed by atoms with van der Waals surface area (Å²) in [5.41, 5.74) is 2.94. The quantitative estimate of drug-likeness (QED) is 0.892. The van der Waals surface area contributed by atoms with Gasteiger partial charge in [-0.05, 0) is 30.2 Å². The number of hydrogen-bond acceptors (Lipinski definition) is 5. The van der Waals surface area contributed by atoms with Crippen LogP contribution in [-0.2, 0) is 4.74 Å². The van der Waals surface area contributed by atoms with Crippen LogP contribution in [0, 0.1) is 18.3 Å². The molecule has 0 atom stereocenters. The second kappa shape index (κ2) is 7.44. The van der Waals surface area contributed by atoms with E-state index in [1.165, 1.54) is 11.3 Å². The van der Waals surface area contributed by atoms with Crippen LogP contribution in [0.2, 0.25) is 5.02 Å². The van der Waals surface area contributed by atoms with Crippen LogP contribution >= 0.6 is 22.9 Å². The third-order valence-electron chi connectivity index (χ3n) is 4.18. The predicted molar refractivity (Wildman–Crippen MR) is 101 cm³/mol. The van der Waals surface area contributed by atoms with E-state index in [2.05, 4.69) is 16.3 Å². The van der Waals surface area contributed by atoms with Crippen LogP contribution in [-0.4, -0.2) is 39.3 Å². The number of ether oxygens (including phenoxy) is 1. The van der Waals surface area contributed by atoms with E-state index >= 15 is 0 Å². The molecule has 0 radical (unpaired) electrons. The third kappa shape index (κ3) is 3.36. The van der Waals surface area contributed by atoms with Crippen molar-refractivity contribution in [3.8, 4) is 17.2 Å². The molecule has 130 valence electrons. The van der Waals surface area contributed by atoms with Gasteiger partial charge in [0, 0.05) is 30.7 Å². The van der Waals surface area contributed by atoms with Gasteiger partial charge in [0.15, 0.2) is 0 Å². The number of carbonyl (C=O) groups excluding carboxylic acids is 1. The fraction of sp³-hybridized carbons (Fsp3) is 0.333. The van der Waals surface area contributed by atoms with E-state index in [1.807, 2.05) is 19.1 Å². The molecule has 3 rings (SSSR count). The van der Waals surface area contributed by atoms with Crippen molar-refractivity contribution in [1.29, 1.82) is 5.26 Å². The molecule has 7 heteroatoms. The smallest absolute Gasteiger partial charge is 0.261 e. The Balaban J connectivity index is 2.20. The lowest BCUT2D eigenvalue weighted by Crippen LogP contribution is -2.36. The number of nitrogens with one attached hydrogen (secondary N) is 1. The SMILES string of the molecule is CNC(=O)c1sc(N2CCOCC2)c(C#N)c1-c1ccc(Cl)c(C)c1. The predicted octanol–water partition coefficient (Wildman–Crippen LogP) is 3.44. The fourth-order valence-electron chi connectivity index (χ4n) is 2.86. The number of aryl methyl sites for hydroxylation is 1. The second-order valence-electron chi connectivity index (χ2n) is 5.74. The molecule has 5 nitrogen and oxygen atoms in total. The van der Waals surface area contributed by atoms with Gasteiger partial charge in [-0.25, -0.2) is 0 Å². The van der Waals surface area contributed by atoms with Crippen LogP contribution < -0.4 is 10.2 Å². The first kappa shape index (κ1) is 17.7. The Labute approximate surface area is 155 Å². The number of nitrogens with zero attached hydrogens (tertiary/aromatic N) is 2. The second-order valence-corrected chi connectivity index (χ2v) is 7.15. The molecule has 0 spiro atoms. The van der Waals surface area contributed by atoms with Gasteiger partial charge < -0.3 is 15.0 Å². The Kier molecular flexibility index (Phi) is 5.28. The summed E-state index contributed by atoms with van der Waals surface area (Å²) in [5, 5.41) is 14.0. The minimum atomic E-state index is -0.191. The van der Waals surface area contributed by atoms with Gasteiger partial charge >= 0.3 is 0 Å². The summed E-state index contributed by atoms with van der Waals surface area (Å²) in [6.07, 6.45) is 0.